The van der Waals surface area contributed by atoms with Crippen LogP contribution in [0.25, 0.3) is 0 Å². The Hall–Kier alpha value is -2.33. The van der Waals surface area contributed by atoms with Gasteiger partial charge < -0.3 is 14.5 Å². The van der Waals surface area contributed by atoms with E-state index in [4.69, 9.17) is 10.00 Å². The van der Waals surface area contributed by atoms with E-state index in [9.17, 15) is 4.79 Å². The van der Waals surface area contributed by atoms with Gasteiger partial charge in [-0.3, -0.25) is 4.90 Å². The summed E-state index contributed by atoms with van der Waals surface area (Å²) in [7, 11) is 0. The van der Waals surface area contributed by atoms with Crippen molar-refractivity contribution in [1.29, 1.82) is 5.26 Å². The van der Waals surface area contributed by atoms with Crippen LogP contribution >= 0.6 is 0 Å². The normalized spacial score (nSPS) is 21.7. The highest BCUT2D eigenvalue weighted by atomic mass is 16.6. The second-order valence-electron chi connectivity index (χ2n) is 6.46. The summed E-state index contributed by atoms with van der Waals surface area (Å²) in [6.07, 6.45) is 2.07. The molecule has 2 aliphatic heterocycles. The molecule has 2 saturated heterocycles. The van der Waals surface area contributed by atoms with E-state index in [1.54, 1.807) is 11.0 Å². The van der Waals surface area contributed by atoms with Gasteiger partial charge in [-0.15, -0.1) is 0 Å². The highest BCUT2D eigenvalue weighted by Gasteiger charge is 2.30. The Kier molecular flexibility index (Phi) is 5.71. The molecule has 0 aromatic carbocycles. The van der Waals surface area contributed by atoms with Crippen LogP contribution in [0.1, 0.15) is 25.5 Å². The van der Waals surface area contributed by atoms with Crippen LogP contribution in [-0.2, 0) is 4.74 Å². The van der Waals surface area contributed by atoms with E-state index in [-0.39, 0.29) is 6.09 Å². The number of rotatable bonds is 3. The number of nitriles is 1. The van der Waals surface area contributed by atoms with Crippen LogP contribution in [0.2, 0.25) is 0 Å². The van der Waals surface area contributed by atoms with Crippen molar-refractivity contribution in [3.05, 3.63) is 23.9 Å². The molecule has 1 aromatic heterocycles. The molecule has 0 N–H and O–H groups in total. The number of piperazine rings is 1. The Morgan fingerprint density at radius 1 is 1.32 bits per heavy atom. The lowest BCUT2D eigenvalue weighted by Gasteiger charge is -2.43. The number of amides is 1. The van der Waals surface area contributed by atoms with Crippen molar-refractivity contribution >= 4 is 11.9 Å². The molecule has 7 nitrogen and oxygen atoms in total. The maximum Gasteiger partial charge on any atom is 0.409 e. The highest BCUT2D eigenvalue weighted by molar-refractivity contribution is 5.67. The molecular weight excluding hydrogens is 318 g/mol. The minimum Gasteiger partial charge on any atom is -0.450 e. The van der Waals surface area contributed by atoms with Crippen LogP contribution < -0.4 is 4.90 Å². The molecule has 2 fully saturated rings. The lowest BCUT2D eigenvalue weighted by Crippen LogP contribution is -2.56. The van der Waals surface area contributed by atoms with Crippen molar-refractivity contribution in [2.75, 3.05) is 50.8 Å². The zero-order valence-electron chi connectivity index (χ0n) is 14.7. The summed E-state index contributed by atoms with van der Waals surface area (Å²) in [4.78, 5) is 22.8. The number of ether oxygens (including phenoxy) is 1. The van der Waals surface area contributed by atoms with Gasteiger partial charge in [-0.05, 0) is 31.9 Å². The third kappa shape index (κ3) is 4.20. The summed E-state index contributed by atoms with van der Waals surface area (Å²) in [5.74, 6) is 0.883. The minimum absolute atomic E-state index is 0.204. The molecular formula is C18H25N5O2. The highest BCUT2D eigenvalue weighted by Crippen LogP contribution is 2.22. The Bertz CT molecular complexity index is 637. The van der Waals surface area contributed by atoms with E-state index in [1.807, 2.05) is 19.1 Å². The van der Waals surface area contributed by atoms with Gasteiger partial charge in [0.2, 0.25) is 0 Å². The van der Waals surface area contributed by atoms with E-state index in [0.29, 0.717) is 18.3 Å². The number of carbonyl (C=O) groups is 1. The maximum absolute atomic E-state index is 11.8. The van der Waals surface area contributed by atoms with Crippen molar-refractivity contribution in [2.45, 2.75) is 25.8 Å². The third-order valence-corrected chi connectivity index (χ3v) is 4.93. The molecule has 0 saturated carbocycles. The van der Waals surface area contributed by atoms with Crippen LogP contribution in [0.5, 0.6) is 0 Å². The second kappa shape index (κ2) is 8.17. The minimum atomic E-state index is -0.204. The van der Waals surface area contributed by atoms with Gasteiger partial charge in [0.15, 0.2) is 0 Å². The lowest BCUT2D eigenvalue weighted by molar-refractivity contribution is 0.0629. The smallest absolute Gasteiger partial charge is 0.409 e. The Labute approximate surface area is 148 Å². The van der Waals surface area contributed by atoms with Crippen LogP contribution in [0.3, 0.4) is 0 Å². The fourth-order valence-electron chi connectivity index (χ4n) is 3.61. The molecule has 0 spiro atoms. The van der Waals surface area contributed by atoms with E-state index < -0.39 is 0 Å². The molecule has 1 atom stereocenters. The predicted molar refractivity (Wildman–Crippen MR) is 94.4 cm³/mol. The van der Waals surface area contributed by atoms with Gasteiger partial charge in [-0.1, -0.05) is 6.07 Å². The van der Waals surface area contributed by atoms with Gasteiger partial charge in [0.05, 0.1) is 6.61 Å². The average molecular weight is 343 g/mol. The summed E-state index contributed by atoms with van der Waals surface area (Å²) in [5.41, 5.74) is 0.461. The fraction of sp³-hybridized carbons (Fsp3) is 0.611. The van der Waals surface area contributed by atoms with Crippen molar-refractivity contribution in [3.8, 4) is 6.07 Å². The second-order valence-corrected chi connectivity index (χ2v) is 6.46. The monoisotopic (exact) mass is 343 g/mol. The number of hydrogen-bond acceptors (Lipinski definition) is 6. The Balaban J connectivity index is 1.57. The first-order valence-corrected chi connectivity index (χ1v) is 8.99. The Morgan fingerprint density at radius 3 is 2.84 bits per heavy atom. The quantitative estimate of drug-likeness (QED) is 0.832. The number of pyridine rings is 1. The topological polar surface area (TPSA) is 72.7 Å². The van der Waals surface area contributed by atoms with Crippen molar-refractivity contribution < 1.29 is 9.53 Å². The fourth-order valence-corrected chi connectivity index (χ4v) is 3.61. The van der Waals surface area contributed by atoms with Gasteiger partial charge in [-0.2, -0.15) is 5.26 Å². The van der Waals surface area contributed by atoms with Crippen LogP contribution in [-0.4, -0.2) is 72.8 Å². The summed E-state index contributed by atoms with van der Waals surface area (Å²) in [6.45, 7) is 7.34. The number of nitrogens with zero attached hydrogens (tertiary/aromatic N) is 5. The maximum atomic E-state index is 11.8. The molecule has 134 valence electrons. The van der Waals surface area contributed by atoms with Crippen molar-refractivity contribution in [2.24, 2.45) is 0 Å². The lowest BCUT2D eigenvalue weighted by atomic mass is 10.0. The number of piperidine rings is 1. The summed E-state index contributed by atoms with van der Waals surface area (Å²) < 4.78 is 5.08. The first kappa shape index (κ1) is 17.5. The first-order valence-electron chi connectivity index (χ1n) is 8.99. The van der Waals surface area contributed by atoms with E-state index in [0.717, 1.165) is 57.9 Å². The van der Waals surface area contributed by atoms with E-state index in [2.05, 4.69) is 20.9 Å². The number of anilines is 1. The van der Waals surface area contributed by atoms with Crippen LogP contribution in [0, 0.1) is 11.3 Å². The molecule has 1 aromatic rings. The molecule has 2 aliphatic rings. The molecule has 0 aliphatic carbocycles. The molecule has 1 amide bonds. The third-order valence-electron chi connectivity index (χ3n) is 4.93. The molecule has 1 unspecified atom stereocenters. The molecule has 0 bridgehead atoms. The Morgan fingerprint density at radius 2 is 2.12 bits per heavy atom. The zero-order valence-corrected chi connectivity index (χ0v) is 14.7. The van der Waals surface area contributed by atoms with E-state index in [1.165, 1.54) is 0 Å². The average Bonchev–Trinajstić information content (AvgIpc) is 2.68. The van der Waals surface area contributed by atoms with Crippen molar-refractivity contribution in [3.63, 3.8) is 0 Å². The number of carbonyl (C=O) groups excluding carboxylic acids is 1. The molecule has 25 heavy (non-hydrogen) atoms. The van der Waals surface area contributed by atoms with Gasteiger partial charge >= 0.3 is 6.09 Å². The summed E-state index contributed by atoms with van der Waals surface area (Å²) in [6, 6.07) is 8.17. The summed E-state index contributed by atoms with van der Waals surface area (Å²) >= 11 is 0. The summed E-state index contributed by atoms with van der Waals surface area (Å²) in [5, 5.41) is 9.04. The van der Waals surface area contributed by atoms with Gasteiger partial charge in [0, 0.05) is 45.3 Å². The number of hydrogen-bond donors (Lipinski definition) is 0. The molecule has 3 heterocycles. The van der Waals surface area contributed by atoms with Gasteiger partial charge in [0.25, 0.3) is 0 Å². The van der Waals surface area contributed by atoms with Gasteiger partial charge in [-0.25, -0.2) is 9.78 Å². The predicted octanol–water partition coefficient (Wildman–Crippen LogP) is 1.70. The van der Waals surface area contributed by atoms with E-state index >= 15 is 0 Å². The van der Waals surface area contributed by atoms with Crippen LogP contribution in [0.4, 0.5) is 10.6 Å². The zero-order chi connectivity index (χ0) is 17.6. The molecule has 3 rings (SSSR count). The number of aromatic nitrogens is 1. The molecule has 7 heteroatoms. The largest absolute Gasteiger partial charge is 0.450 e. The first-order chi connectivity index (χ1) is 12.2. The van der Waals surface area contributed by atoms with Crippen molar-refractivity contribution in [1.82, 2.24) is 14.8 Å². The van der Waals surface area contributed by atoms with Crippen LogP contribution in [0.15, 0.2) is 18.2 Å². The standard InChI is InChI=1S/C18H25N5O2/c1-2-25-18(24)22-11-9-21(10-12-22)16-6-4-8-23(14-16)17-7-3-5-15(13-19)20-17/h3,5,7,16H,2,4,6,8-12,14H2,1H3. The SMILES string of the molecule is CCOC(=O)N1CCN(C2CCCN(c3cccc(C#N)n3)C2)CC1. The van der Waals surface area contributed by atoms with Gasteiger partial charge in [0.1, 0.15) is 17.6 Å². The molecule has 0 radical (unpaired) electrons.